The molecule has 0 saturated carbocycles. The fraction of sp³-hybridized carbons (Fsp3) is 0.421. The van der Waals surface area contributed by atoms with Gasteiger partial charge in [-0.3, -0.25) is 0 Å². The molecule has 3 heterocycles. The number of nitrogens with two attached hydrogens (primary N) is 1. The topological polar surface area (TPSA) is 128 Å². The molecule has 33 heavy (non-hydrogen) atoms. The van der Waals surface area contributed by atoms with E-state index < -0.39 is 28.0 Å². The van der Waals surface area contributed by atoms with Crippen molar-refractivity contribution in [1.29, 1.82) is 5.26 Å². The number of rotatable bonds is 5. The second-order valence-electron chi connectivity index (χ2n) is 7.94. The largest absolute Gasteiger partial charge is 0.416 e. The number of hydrogen-bond donors (Lipinski definition) is 2. The molecule has 2 aliphatic rings. The molecule has 1 fully saturated rings. The van der Waals surface area contributed by atoms with Gasteiger partial charge in [-0.25, -0.2) is 9.97 Å². The minimum atomic E-state index is -4.56. The van der Waals surface area contributed by atoms with Crippen LogP contribution in [0.5, 0.6) is 0 Å². The van der Waals surface area contributed by atoms with Crippen LogP contribution < -0.4 is 11.1 Å². The fourth-order valence-electron chi connectivity index (χ4n) is 3.73. The lowest BCUT2D eigenvalue weighted by Gasteiger charge is -2.36. The van der Waals surface area contributed by atoms with E-state index >= 15 is 0 Å². The maximum Gasteiger partial charge on any atom is 0.416 e. The molecule has 2 aromatic rings. The molecule has 0 bridgehead atoms. The van der Waals surface area contributed by atoms with Crippen molar-refractivity contribution in [1.82, 2.24) is 18.6 Å². The SMILES string of the molecule is C[C@@H](Nc1nc(Cl)nc2c1CN(S(=O)(=O)N1CC(C#N)C1)C2)c1cc(N)cc(C(F)(F)F)c1. The van der Waals surface area contributed by atoms with Gasteiger partial charge in [-0.2, -0.15) is 35.5 Å². The molecule has 0 amide bonds. The molecule has 1 atom stereocenters. The van der Waals surface area contributed by atoms with Crippen LogP contribution in [0.25, 0.3) is 0 Å². The van der Waals surface area contributed by atoms with E-state index in [1.807, 2.05) is 6.07 Å². The van der Waals surface area contributed by atoms with Crippen LogP contribution in [-0.4, -0.2) is 40.1 Å². The van der Waals surface area contributed by atoms with Crippen LogP contribution in [0.15, 0.2) is 18.2 Å². The van der Waals surface area contributed by atoms with Gasteiger partial charge < -0.3 is 11.1 Å². The van der Waals surface area contributed by atoms with E-state index in [-0.39, 0.29) is 54.4 Å². The number of alkyl halides is 3. The molecule has 176 valence electrons. The first-order chi connectivity index (χ1) is 15.4. The number of anilines is 2. The van der Waals surface area contributed by atoms with Crippen LogP contribution in [0, 0.1) is 17.2 Å². The highest BCUT2D eigenvalue weighted by molar-refractivity contribution is 7.86. The van der Waals surface area contributed by atoms with Crippen LogP contribution in [-0.2, 0) is 29.5 Å². The van der Waals surface area contributed by atoms with Crippen LogP contribution in [0.4, 0.5) is 24.7 Å². The summed E-state index contributed by atoms with van der Waals surface area (Å²) < 4.78 is 67.7. The Morgan fingerprint density at radius 2 is 1.94 bits per heavy atom. The number of halogens is 4. The van der Waals surface area contributed by atoms with Crippen molar-refractivity contribution < 1.29 is 21.6 Å². The van der Waals surface area contributed by atoms with E-state index in [0.29, 0.717) is 11.3 Å². The highest BCUT2D eigenvalue weighted by atomic mass is 35.5. The van der Waals surface area contributed by atoms with Crippen molar-refractivity contribution in [2.45, 2.75) is 32.2 Å². The van der Waals surface area contributed by atoms with E-state index in [2.05, 4.69) is 15.3 Å². The molecule has 4 rings (SSSR count). The molecule has 2 aliphatic heterocycles. The third-order valence-electron chi connectivity index (χ3n) is 5.57. The third kappa shape index (κ3) is 4.56. The van der Waals surface area contributed by atoms with Crippen LogP contribution in [0.2, 0.25) is 5.28 Å². The van der Waals surface area contributed by atoms with E-state index in [9.17, 15) is 21.6 Å². The summed E-state index contributed by atoms with van der Waals surface area (Å²) >= 11 is 6.02. The number of benzene rings is 1. The molecule has 3 N–H and O–H groups in total. The van der Waals surface area contributed by atoms with E-state index in [4.69, 9.17) is 22.6 Å². The second kappa shape index (κ2) is 8.28. The van der Waals surface area contributed by atoms with Gasteiger partial charge in [0.25, 0.3) is 10.2 Å². The van der Waals surface area contributed by atoms with Crippen molar-refractivity contribution in [3.05, 3.63) is 45.9 Å². The lowest BCUT2D eigenvalue weighted by molar-refractivity contribution is -0.137. The van der Waals surface area contributed by atoms with Gasteiger partial charge in [-0.15, -0.1) is 0 Å². The quantitative estimate of drug-likeness (QED) is 0.476. The summed E-state index contributed by atoms with van der Waals surface area (Å²) in [7, 11) is -3.82. The third-order valence-corrected chi connectivity index (χ3v) is 7.60. The number of nitrogen functional groups attached to an aromatic ring is 1. The molecule has 1 saturated heterocycles. The summed E-state index contributed by atoms with van der Waals surface area (Å²) in [5.74, 6) is -0.110. The number of nitrogens with one attached hydrogen (secondary N) is 1. The summed E-state index contributed by atoms with van der Waals surface area (Å²) in [6, 6.07) is 4.64. The zero-order chi connectivity index (χ0) is 24.1. The number of hydrogen-bond acceptors (Lipinski definition) is 7. The highest BCUT2D eigenvalue weighted by Crippen LogP contribution is 2.36. The first-order valence-electron chi connectivity index (χ1n) is 9.83. The minimum Gasteiger partial charge on any atom is -0.399 e. The van der Waals surface area contributed by atoms with Crippen molar-refractivity contribution in [3.63, 3.8) is 0 Å². The Labute approximate surface area is 193 Å². The first kappa shape index (κ1) is 23.5. The maximum atomic E-state index is 13.2. The average Bonchev–Trinajstić information content (AvgIpc) is 3.11. The maximum absolute atomic E-state index is 13.2. The predicted octanol–water partition coefficient (Wildman–Crippen LogP) is 2.92. The number of nitrogens with zero attached hydrogens (tertiary/aromatic N) is 5. The molecule has 0 spiro atoms. The molecule has 1 aromatic heterocycles. The van der Waals surface area contributed by atoms with Gasteiger partial charge in [0.15, 0.2) is 0 Å². The molecule has 0 aliphatic carbocycles. The Morgan fingerprint density at radius 1 is 1.24 bits per heavy atom. The second-order valence-corrected chi connectivity index (χ2v) is 10.2. The van der Waals surface area contributed by atoms with Crippen LogP contribution in [0.1, 0.15) is 35.3 Å². The van der Waals surface area contributed by atoms with Crippen molar-refractivity contribution in [3.8, 4) is 6.07 Å². The summed E-state index contributed by atoms with van der Waals surface area (Å²) in [6.07, 6.45) is -4.56. The average molecular weight is 502 g/mol. The number of aromatic nitrogens is 2. The van der Waals surface area contributed by atoms with Crippen molar-refractivity contribution in [2.24, 2.45) is 5.92 Å². The van der Waals surface area contributed by atoms with Crippen LogP contribution >= 0.6 is 11.6 Å². The van der Waals surface area contributed by atoms with E-state index in [0.717, 1.165) is 12.1 Å². The number of fused-ring (bicyclic) bond motifs is 1. The summed E-state index contributed by atoms with van der Waals surface area (Å²) in [6.45, 7) is 1.80. The zero-order valence-corrected chi connectivity index (χ0v) is 18.8. The van der Waals surface area contributed by atoms with E-state index in [1.54, 1.807) is 6.92 Å². The molecule has 1 aromatic carbocycles. The fourth-order valence-corrected chi connectivity index (χ4v) is 5.56. The zero-order valence-electron chi connectivity index (χ0n) is 17.3. The normalized spacial score (nSPS) is 18.4. The van der Waals surface area contributed by atoms with Crippen molar-refractivity contribution >= 4 is 33.3 Å². The van der Waals surface area contributed by atoms with E-state index in [1.165, 1.54) is 14.7 Å². The Hall–Kier alpha value is -2.66. The van der Waals surface area contributed by atoms with Gasteiger partial charge in [0.1, 0.15) is 5.82 Å². The lowest BCUT2D eigenvalue weighted by Crippen LogP contribution is -2.53. The smallest absolute Gasteiger partial charge is 0.399 e. The highest BCUT2D eigenvalue weighted by Gasteiger charge is 2.42. The van der Waals surface area contributed by atoms with Gasteiger partial charge in [0.2, 0.25) is 5.28 Å². The van der Waals surface area contributed by atoms with Crippen molar-refractivity contribution in [2.75, 3.05) is 24.1 Å². The Kier molecular flexibility index (Phi) is 5.90. The molecular weight excluding hydrogens is 483 g/mol. The Bertz CT molecular complexity index is 1240. The predicted molar refractivity (Wildman–Crippen MR) is 114 cm³/mol. The molecule has 0 unspecified atom stereocenters. The molecule has 14 heteroatoms. The number of nitriles is 1. The molecule has 9 nitrogen and oxygen atoms in total. The van der Waals surface area contributed by atoms with Gasteiger partial charge in [0.05, 0.1) is 35.8 Å². The Morgan fingerprint density at radius 3 is 2.58 bits per heavy atom. The monoisotopic (exact) mass is 501 g/mol. The Balaban J connectivity index is 1.58. The minimum absolute atomic E-state index is 0.0345. The molecule has 0 radical (unpaired) electrons. The summed E-state index contributed by atoms with van der Waals surface area (Å²) in [5.41, 5.74) is 5.90. The molecular formula is C19H19ClF3N7O2S. The van der Waals surface area contributed by atoms with Crippen LogP contribution in [0.3, 0.4) is 0 Å². The standard InChI is InChI=1S/C19H19ClF3N7O2S/c1-10(12-2-13(19(21,22)23)4-14(25)3-12)26-17-15-8-30(9-16(15)27-18(20)28-17)33(31,32)29-6-11(5-24)7-29/h2-4,10-11H,6-9,25H2,1H3,(H,26,27,28)/t10-/m1/s1. The van der Waals surface area contributed by atoms with Gasteiger partial charge in [-0.05, 0) is 42.3 Å². The summed E-state index contributed by atoms with van der Waals surface area (Å²) in [5, 5.41) is 11.8. The van der Waals surface area contributed by atoms with Gasteiger partial charge in [-0.1, -0.05) is 0 Å². The first-order valence-corrected chi connectivity index (χ1v) is 11.6. The van der Waals surface area contributed by atoms with Gasteiger partial charge >= 0.3 is 6.18 Å². The lowest BCUT2D eigenvalue weighted by atomic mass is 10.0. The van der Waals surface area contributed by atoms with Gasteiger partial charge in [0, 0.05) is 30.9 Å². The summed E-state index contributed by atoms with van der Waals surface area (Å²) in [4.78, 5) is 8.26.